The molecule has 9 heteroatoms. The van der Waals surface area contributed by atoms with Gasteiger partial charge in [0.15, 0.2) is 0 Å². The van der Waals surface area contributed by atoms with E-state index in [1.807, 2.05) is 25.7 Å². The van der Waals surface area contributed by atoms with Crippen LogP contribution in [0.1, 0.15) is 46.5 Å². The molecule has 0 radical (unpaired) electrons. The van der Waals surface area contributed by atoms with Gasteiger partial charge in [0.2, 0.25) is 0 Å². The maximum absolute atomic E-state index is 12.3. The van der Waals surface area contributed by atoms with Gasteiger partial charge in [0, 0.05) is 52.5 Å². The van der Waals surface area contributed by atoms with E-state index in [0.717, 1.165) is 68.3 Å². The van der Waals surface area contributed by atoms with Crippen molar-refractivity contribution in [3.63, 3.8) is 0 Å². The molecule has 0 N–H and O–H groups in total. The fourth-order valence-electron chi connectivity index (χ4n) is 5.23. The summed E-state index contributed by atoms with van der Waals surface area (Å²) in [6.45, 7) is 15.8. The molecule has 0 unspecified atom stereocenters. The molecule has 2 aromatic rings. The standard InChI is InChI=1S/C26H43N5O3Si/c1-25(2,3)34-24(32)31-16-26(17-31)11-8-20(9-12-26)29(4)22-21-10-13-30(23(21)28-18-27-22)19-33-14-15-35(5,6)7/h10,13,18,20H,8-9,11-12,14-17,19H2,1-7H3. The van der Waals surface area contributed by atoms with E-state index in [9.17, 15) is 4.79 Å². The number of amides is 1. The highest BCUT2D eigenvalue weighted by Crippen LogP contribution is 2.45. The first kappa shape index (κ1) is 25.9. The predicted octanol–water partition coefficient (Wildman–Crippen LogP) is 5.36. The molecule has 1 saturated carbocycles. The summed E-state index contributed by atoms with van der Waals surface area (Å²) in [5, 5.41) is 1.07. The van der Waals surface area contributed by atoms with E-state index >= 15 is 0 Å². The van der Waals surface area contributed by atoms with Crippen molar-refractivity contribution < 1.29 is 14.3 Å². The summed E-state index contributed by atoms with van der Waals surface area (Å²) in [6, 6.07) is 3.71. The van der Waals surface area contributed by atoms with Gasteiger partial charge in [-0.1, -0.05) is 19.6 Å². The normalized spacial score (nSPS) is 18.7. The van der Waals surface area contributed by atoms with Crippen LogP contribution < -0.4 is 4.90 Å². The maximum atomic E-state index is 12.3. The van der Waals surface area contributed by atoms with Crippen molar-refractivity contribution in [1.82, 2.24) is 19.4 Å². The van der Waals surface area contributed by atoms with Crippen LogP contribution >= 0.6 is 0 Å². The van der Waals surface area contributed by atoms with Crippen LogP contribution in [-0.4, -0.2) is 72.0 Å². The highest BCUT2D eigenvalue weighted by molar-refractivity contribution is 6.76. The van der Waals surface area contributed by atoms with Crippen molar-refractivity contribution in [3.8, 4) is 0 Å². The Kier molecular flexibility index (Phi) is 7.21. The van der Waals surface area contributed by atoms with Gasteiger partial charge in [-0.05, 0) is 58.6 Å². The van der Waals surface area contributed by atoms with Crippen molar-refractivity contribution >= 4 is 31.0 Å². The smallest absolute Gasteiger partial charge is 0.410 e. The average Bonchev–Trinajstić information content (AvgIpc) is 3.16. The van der Waals surface area contributed by atoms with Crippen molar-refractivity contribution in [2.24, 2.45) is 5.41 Å². The highest BCUT2D eigenvalue weighted by atomic mass is 28.3. The molecule has 1 aliphatic heterocycles. The largest absolute Gasteiger partial charge is 0.444 e. The Hall–Kier alpha value is -2.13. The van der Waals surface area contributed by atoms with E-state index in [2.05, 4.69) is 58.4 Å². The monoisotopic (exact) mass is 501 g/mol. The second-order valence-electron chi connectivity index (χ2n) is 12.7. The van der Waals surface area contributed by atoms with Crippen molar-refractivity contribution in [3.05, 3.63) is 18.6 Å². The van der Waals surface area contributed by atoms with Crippen LogP contribution in [0.2, 0.25) is 25.7 Å². The van der Waals surface area contributed by atoms with E-state index in [1.165, 1.54) is 0 Å². The molecule has 4 rings (SSSR count). The molecule has 0 bridgehead atoms. The van der Waals surface area contributed by atoms with E-state index in [0.29, 0.717) is 12.8 Å². The highest BCUT2D eigenvalue weighted by Gasteiger charge is 2.48. The first-order valence-corrected chi connectivity index (χ1v) is 16.6. The second kappa shape index (κ2) is 9.73. The van der Waals surface area contributed by atoms with Crippen molar-refractivity contribution in [2.45, 2.75) is 90.5 Å². The molecule has 0 atom stereocenters. The van der Waals surface area contributed by atoms with Crippen molar-refractivity contribution in [2.75, 3.05) is 31.6 Å². The summed E-state index contributed by atoms with van der Waals surface area (Å²) < 4.78 is 13.6. The van der Waals surface area contributed by atoms with E-state index in [1.54, 1.807) is 6.33 Å². The maximum Gasteiger partial charge on any atom is 0.410 e. The van der Waals surface area contributed by atoms with Crippen LogP contribution in [0.5, 0.6) is 0 Å². The summed E-state index contributed by atoms with van der Waals surface area (Å²) in [5.41, 5.74) is 0.739. The molecule has 3 heterocycles. The van der Waals surface area contributed by atoms with E-state index in [-0.39, 0.29) is 11.5 Å². The third-order valence-corrected chi connectivity index (χ3v) is 9.07. The zero-order valence-corrected chi connectivity index (χ0v) is 23.6. The van der Waals surface area contributed by atoms with Gasteiger partial charge in [-0.3, -0.25) is 0 Å². The number of hydrogen-bond acceptors (Lipinski definition) is 6. The summed E-state index contributed by atoms with van der Waals surface area (Å²) in [7, 11) is 1.06. The summed E-state index contributed by atoms with van der Waals surface area (Å²) in [4.78, 5) is 25.8. The molecule has 2 fully saturated rings. The van der Waals surface area contributed by atoms with E-state index in [4.69, 9.17) is 9.47 Å². The van der Waals surface area contributed by atoms with Gasteiger partial charge in [-0.25, -0.2) is 14.8 Å². The number of carbonyl (C=O) groups is 1. The summed E-state index contributed by atoms with van der Waals surface area (Å²) >= 11 is 0. The molecule has 2 aliphatic rings. The Morgan fingerprint density at radius 2 is 1.89 bits per heavy atom. The number of carbonyl (C=O) groups excluding carboxylic acids is 1. The fraction of sp³-hybridized carbons (Fsp3) is 0.731. The lowest BCUT2D eigenvalue weighted by atomic mass is 9.67. The number of nitrogens with zero attached hydrogens (tertiary/aromatic N) is 5. The second-order valence-corrected chi connectivity index (χ2v) is 18.4. The van der Waals surface area contributed by atoms with Crippen LogP contribution in [0.25, 0.3) is 11.0 Å². The van der Waals surface area contributed by atoms with Gasteiger partial charge in [-0.2, -0.15) is 0 Å². The minimum absolute atomic E-state index is 0.181. The quantitative estimate of drug-likeness (QED) is 0.376. The minimum atomic E-state index is -1.10. The van der Waals surface area contributed by atoms with Crippen LogP contribution in [0, 0.1) is 5.41 Å². The summed E-state index contributed by atoms with van der Waals surface area (Å²) in [6.07, 6.45) is 8.00. The molecular weight excluding hydrogens is 458 g/mol. The Morgan fingerprint density at radius 3 is 2.51 bits per heavy atom. The number of aromatic nitrogens is 3. The van der Waals surface area contributed by atoms with Crippen LogP contribution in [0.15, 0.2) is 18.6 Å². The minimum Gasteiger partial charge on any atom is -0.444 e. The van der Waals surface area contributed by atoms with Gasteiger partial charge in [-0.15, -0.1) is 0 Å². The zero-order chi connectivity index (χ0) is 25.4. The molecule has 35 heavy (non-hydrogen) atoms. The lowest BCUT2D eigenvalue weighted by molar-refractivity contribution is -0.0504. The molecule has 1 saturated heterocycles. The number of ether oxygens (including phenoxy) is 2. The van der Waals surface area contributed by atoms with Gasteiger partial charge in [0.05, 0.1) is 5.39 Å². The number of hydrogen-bond donors (Lipinski definition) is 0. The molecule has 1 amide bonds. The molecule has 2 aromatic heterocycles. The molecule has 1 spiro atoms. The topological polar surface area (TPSA) is 72.7 Å². The number of anilines is 1. The predicted molar refractivity (Wildman–Crippen MR) is 143 cm³/mol. The Morgan fingerprint density at radius 1 is 1.20 bits per heavy atom. The number of likely N-dealkylation sites (tertiary alicyclic amines) is 1. The third-order valence-electron chi connectivity index (χ3n) is 7.36. The van der Waals surface area contributed by atoms with Gasteiger partial charge < -0.3 is 23.8 Å². The Bertz CT molecular complexity index is 1030. The fourth-order valence-corrected chi connectivity index (χ4v) is 5.98. The lowest BCUT2D eigenvalue weighted by Crippen LogP contribution is -2.61. The molecular formula is C26H43N5O3Si. The van der Waals surface area contributed by atoms with Gasteiger partial charge in [0.1, 0.15) is 30.1 Å². The zero-order valence-electron chi connectivity index (χ0n) is 22.6. The van der Waals surface area contributed by atoms with Gasteiger partial charge in [0.25, 0.3) is 0 Å². The SMILES string of the molecule is CN(c1ncnc2c1ccn2COCC[Si](C)(C)C)C1CCC2(CC1)CN(C(=O)OC(C)(C)C)C2. The lowest BCUT2D eigenvalue weighted by Gasteiger charge is -2.53. The first-order chi connectivity index (χ1) is 16.4. The van der Waals surface area contributed by atoms with Gasteiger partial charge >= 0.3 is 6.09 Å². The number of rotatable bonds is 7. The molecule has 1 aliphatic carbocycles. The molecule has 8 nitrogen and oxygen atoms in total. The molecule has 0 aromatic carbocycles. The van der Waals surface area contributed by atoms with Crippen molar-refractivity contribution in [1.29, 1.82) is 0 Å². The summed E-state index contributed by atoms with van der Waals surface area (Å²) in [5.74, 6) is 0.987. The first-order valence-electron chi connectivity index (χ1n) is 12.9. The Balaban J connectivity index is 1.33. The molecule has 194 valence electrons. The van der Waals surface area contributed by atoms with Crippen LogP contribution in [-0.2, 0) is 16.2 Å². The third kappa shape index (κ3) is 6.17. The Labute approximate surface area is 211 Å². The van der Waals surface area contributed by atoms with Crippen LogP contribution in [0.4, 0.5) is 10.6 Å². The average molecular weight is 502 g/mol. The number of fused-ring (bicyclic) bond motifs is 1. The van der Waals surface area contributed by atoms with Crippen LogP contribution in [0.3, 0.4) is 0 Å². The van der Waals surface area contributed by atoms with E-state index < -0.39 is 13.7 Å².